The molecular formula is C30H26F2N8. The van der Waals surface area contributed by atoms with Crippen molar-refractivity contribution in [3.05, 3.63) is 84.6 Å². The number of alkyl halides is 2. The Morgan fingerprint density at radius 3 is 2.73 bits per heavy atom. The molecule has 1 aliphatic carbocycles. The molecule has 1 aliphatic heterocycles. The maximum Gasteiger partial charge on any atom is 0.261 e. The van der Waals surface area contributed by atoms with Crippen LogP contribution in [0.15, 0.2) is 78.9 Å². The largest absolute Gasteiger partial charge is 0.335 e. The molecule has 0 amide bonds. The van der Waals surface area contributed by atoms with Gasteiger partial charge in [0.2, 0.25) is 0 Å². The Balaban J connectivity index is 1.26. The summed E-state index contributed by atoms with van der Waals surface area (Å²) in [7, 11) is 0. The van der Waals surface area contributed by atoms with Crippen LogP contribution in [0.1, 0.15) is 19.0 Å². The number of rotatable bonds is 5. The topological polar surface area (TPSA) is 99.3 Å². The van der Waals surface area contributed by atoms with Gasteiger partial charge in [-0.15, -0.1) is 0 Å². The third kappa shape index (κ3) is 4.60. The zero-order valence-electron chi connectivity index (χ0n) is 21.8. The Morgan fingerprint density at radius 2 is 1.90 bits per heavy atom. The highest BCUT2D eigenvalue weighted by Gasteiger charge is 2.38. The third-order valence-electron chi connectivity index (χ3n) is 7.37. The van der Waals surface area contributed by atoms with E-state index in [4.69, 9.17) is 9.97 Å². The van der Waals surface area contributed by atoms with Gasteiger partial charge >= 0.3 is 0 Å². The average Bonchev–Trinajstić information content (AvgIpc) is 3.63. The summed E-state index contributed by atoms with van der Waals surface area (Å²) in [5, 5.41) is 7.62. The fourth-order valence-corrected chi connectivity index (χ4v) is 5.38. The van der Waals surface area contributed by atoms with Gasteiger partial charge in [0.1, 0.15) is 5.52 Å². The first-order valence-electron chi connectivity index (χ1n) is 13.2. The Labute approximate surface area is 228 Å². The number of imidazole rings is 1. The summed E-state index contributed by atoms with van der Waals surface area (Å²) in [6.45, 7) is 2.76. The molecule has 2 N–H and O–H groups in total. The van der Waals surface area contributed by atoms with Crippen LogP contribution in [0.3, 0.4) is 0 Å². The SMILES string of the molecule is C[C@H]1C=CC(CN2CCC(F)(F)C2)=CC(c2ccc3[nH]nc(-c4nc5c(-c6ccncc6)cncc5[nH]4)c3n2)=C1. The summed E-state index contributed by atoms with van der Waals surface area (Å²) in [5.74, 6) is -1.86. The molecule has 6 heterocycles. The number of halogens is 2. The zero-order chi connectivity index (χ0) is 27.3. The van der Waals surface area contributed by atoms with Crippen molar-refractivity contribution in [2.24, 2.45) is 5.92 Å². The van der Waals surface area contributed by atoms with Crippen LogP contribution in [0, 0.1) is 5.92 Å². The predicted octanol–water partition coefficient (Wildman–Crippen LogP) is 5.81. The number of likely N-dealkylation sites (tertiary alicyclic amines) is 1. The summed E-state index contributed by atoms with van der Waals surface area (Å²) in [5.41, 5.74) is 8.25. The van der Waals surface area contributed by atoms with Gasteiger partial charge in [-0.3, -0.25) is 20.0 Å². The number of hydrogen-bond donors (Lipinski definition) is 2. The van der Waals surface area contributed by atoms with E-state index in [-0.39, 0.29) is 18.9 Å². The minimum atomic E-state index is -2.61. The Kier molecular flexibility index (Phi) is 5.85. The Hall–Kier alpha value is -4.57. The van der Waals surface area contributed by atoms with Crippen molar-refractivity contribution in [1.82, 2.24) is 40.0 Å². The van der Waals surface area contributed by atoms with Crippen LogP contribution in [0.25, 0.3) is 50.3 Å². The molecule has 7 rings (SSSR count). The van der Waals surface area contributed by atoms with Crippen LogP contribution < -0.4 is 0 Å². The van der Waals surface area contributed by atoms with Gasteiger partial charge in [0.05, 0.1) is 35.0 Å². The van der Waals surface area contributed by atoms with Crippen LogP contribution in [-0.2, 0) is 0 Å². The van der Waals surface area contributed by atoms with Crippen LogP contribution in [0.2, 0.25) is 0 Å². The maximum absolute atomic E-state index is 13.8. The first-order valence-corrected chi connectivity index (χ1v) is 13.2. The zero-order valence-corrected chi connectivity index (χ0v) is 21.8. The van der Waals surface area contributed by atoms with Gasteiger partial charge in [0.25, 0.3) is 5.92 Å². The van der Waals surface area contributed by atoms with Crippen molar-refractivity contribution in [2.75, 3.05) is 19.6 Å². The number of fused-ring (bicyclic) bond motifs is 2. The summed E-state index contributed by atoms with van der Waals surface area (Å²) in [6, 6.07) is 7.77. The lowest BCUT2D eigenvalue weighted by molar-refractivity contribution is 0.0131. The second-order valence-corrected chi connectivity index (χ2v) is 10.4. The molecule has 0 saturated carbocycles. The molecule has 0 aromatic carbocycles. The summed E-state index contributed by atoms with van der Waals surface area (Å²) >= 11 is 0. The van der Waals surface area contributed by atoms with E-state index in [1.165, 1.54) is 0 Å². The fourth-order valence-electron chi connectivity index (χ4n) is 5.38. The van der Waals surface area contributed by atoms with Gasteiger partial charge in [-0.2, -0.15) is 5.10 Å². The van der Waals surface area contributed by atoms with Crippen molar-refractivity contribution in [2.45, 2.75) is 19.3 Å². The van der Waals surface area contributed by atoms with E-state index in [1.807, 2.05) is 35.2 Å². The van der Waals surface area contributed by atoms with Gasteiger partial charge in [-0.25, -0.2) is 18.7 Å². The molecule has 1 atom stereocenters. The number of nitrogens with zero attached hydrogens (tertiary/aromatic N) is 6. The number of aromatic nitrogens is 7. The maximum atomic E-state index is 13.8. The Bertz CT molecular complexity index is 1820. The Morgan fingerprint density at radius 1 is 1.02 bits per heavy atom. The van der Waals surface area contributed by atoms with Gasteiger partial charge in [0.15, 0.2) is 11.5 Å². The number of H-pyrrole nitrogens is 2. The lowest BCUT2D eigenvalue weighted by atomic mass is 10.0. The van der Waals surface area contributed by atoms with Crippen molar-refractivity contribution >= 4 is 27.6 Å². The first-order chi connectivity index (χ1) is 19.4. The van der Waals surface area contributed by atoms with Crippen LogP contribution in [0.4, 0.5) is 8.78 Å². The van der Waals surface area contributed by atoms with Crippen molar-refractivity contribution in [3.8, 4) is 22.6 Å². The van der Waals surface area contributed by atoms with E-state index in [1.54, 1.807) is 24.8 Å². The number of allylic oxidation sites excluding steroid dienone is 4. The molecular weight excluding hydrogens is 510 g/mol. The van der Waals surface area contributed by atoms with Crippen molar-refractivity contribution in [3.63, 3.8) is 0 Å². The van der Waals surface area contributed by atoms with E-state index in [9.17, 15) is 8.78 Å². The molecule has 0 unspecified atom stereocenters. The molecule has 0 spiro atoms. The molecule has 0 bridgehead atoms. The molecule has 200 valence electrons. The van der Waals surface area contributed by atoms with E-state index >= 15 is 0 Å². The summed E-state index contributed by atoms with van der Waals surface area (Å²) in [6.07, 6.45) is 15.3. The van der Waals surface area contributed by atoms with Gasteiger partial charge in [-0.05, 0) is 53.0 Å². The lowest BCUT2D eigenvalue weighted by Gasteiger charge is -2.16. The number of aromatic amines is 2. The smallest absolute Gasteiger partial charge is 0.261 e. The minimum Gasteiger partial charge on any atom is -0.335 e. The van der Waals surface area contributed by atoms with E-state index < -0.39 is 5.92 Å². The fraction of sp³-hybridized carbons (Fsp3) is 0.233. The number of pyridine rings is 3. The molecule has 5 aromatic heterocycles. The highest BCUT2D eigenvalue weighted by Crippen LogP contribution is 2.32. The highest BCUT2D eigenvalue weighted by molar-refractivity contribution is 5.95. The second kappa shape index (κ2) is 9.56. The monoisotopic (exact) mass is 536 g/mol. The second-order valence-electron chi connectivity index (χ2n) is 10.4. The first kappa shape index (κ1) is 24.5. The van der Waals surface area contributed by atoms with Gasteiger partial charge in [0, 0.05) is 43.7 Å². The molecule has 0 radical (unpaired) electrons. The molecule has 1 saturated heterocycles. The predicted molar refractivity (Wildman–Crippen MR) is 150 cm³/mol. The number of nitrogens with one attached hydrogen (secondary N) is 2. The van der Waals surface area contributed by atoms with E-state index in [2.05, 4.69) is 50.3 Å². The minimum absolute atomic E-state index is 0.0908. The van der Waals surface area contributed by atoms with Crippen molar-refractivity contribution < 1.29 is 8.78 Å². The molecule has 1 fully saturated rings. The average molecular weight is 537 g/mol. The summed E-state index contributed by atoms with van der Waals surface area (Å²) in [4.78, 5) is 23.6. The van der Waals surface area contributed by atoms with Gasteiger partial charge < -0.3 is 4.98 Å². The quantitative estimate of drug-likeness (QED) is 0.294. The van der Waals surface area contributed by atoms with Crippen LogP contribution >= 0.6 is 0 Å². The highest BCUT2D eigenvalue weighted by atomic mass is 19.3. The van der Waals surface area contributed by atoms with E-state index in [0.717, 1.165) is 44.5 Å². The van der Waals surface area contributed by atoms with E-state index in [0.29, 0.717) is 30.1 Å². The molecule has 8 nitrogen and oxygen atoms in total. The lowest BCUT2D eigenvalue weighted by Crippen LogP contribution is -2.26. The standard InChI is InChI=1S/C30H26F2N8/c1-18-2-3-19(16-40-11-8-30(31,32)17-40)13-21(12-18)23-4-5-24-27(35-23)28(39-38-24)29-36-25-15-34-14-22(26(25)37-29)20-6-9-33-10-7-20/h2-7,9-10,12-15,18H,8,11,16-17H2,1H3,(H,36,37)(H,38,39)/t18-/m0/s1. The third-order valence-corrected chi connectivity index (χ3v) is 7.37. The summed E-state index contributed by atoms with van der Waals surface area (Å²) < 4.78 is 27.6. The molecule has 5 aromatic rings. The van der Waals surface area contributed by atoms with Crippen LogP contribution in [0.5, 0.6) is 0 Å². The van der Waals surface area contributed by atoms with Crippen molar-refractivity contribution in [1.29, 1.82) is 0 Å². The number of hydrogen-bond acceptors (Lipinski definition) is 6. The molecule has 2 aliphatic rings. The molecule has 40 heavy (non-hydrogen) atoms. The van der Waals surface area contributed by atoms with Gasteiger partial charge in [-0.1, -0.05) is 25.2 Å². The molecule has 10 heteroatoms. The van der Waals surface area contributed by atoms with Crippen LogP contribution in [-0.4, -0.2) is 65.6 Å². The normalized spacial score (nSPS) is 19.2.